The summed E-state index contributed by atoms with van der Waals surface area (Å²) in [6.07, 6.45) is 2.85. The van der Waals surface area contributed by atoms with Crippen LogP contribution in [0.25, 0.3) is 10.9 Å². The molecule has 0 atom stereocenters. The monoisotopic (exact) mass is 569 g/mol. The van der Waals surface area contributed by atoms with Crippen LogP contribution in [-0.4, -0.2) is 29.0 Å². The summed E-state index contributed by atoms with van der Waals surface area (Å²) in [5, 5.41) is 4.99. The molecule has 0 amide bonds. The molecule has 0 aliphatic heterocycles. The number of aryl methyl sites for hydroxylation is 1. The second-order valence-electron chi connectivity index (χ2n) is 6.52. The molecule has 3 rings (SSSR count). The van der Waals surface area contributed by atoms with Gasteiger partial charge >= 0.3 is 5.97 Å². The van der Waals surface area contributed by atoms with Crippen LogP contribution in [0.3, 0.4) is 0 Å². The van der Waals surface area contributed by atoms with Gasteiger partial charge in [-0.05, 0) is 46.6 Å². The van der Waals surface area contributed by atoms with Crippen molar-refractivity contribution in [1.29, 1.82) is 0 Å². The molecule has 0 radical (unpaired) electrons. The first-order valence-corrected chi connectivity index (χ1v) is 11.2. The lowest BCUT2D eigenvalue weighted by atomic mass is 10.2. The van der Waals surface area contributed by atoms with Crippen LogP contribution in [0.15, 0.2) is 43.1 Å². The van der Waals surface area contributed by atoms with Crippen LogP contribution in [0.5, 0.6) is 11.5 Å². The Labute approximate surface area is 200 Å². The predicted octanol–water partition coefficient (Wildman–Crippen LogP) is 5.34. The Morgan fingerprint density at radius 2 is 2.06 bits per heavy atom. The first-order valence-electron chi connectivity index (χ1n) is 9.26. The largest absolute Gasteiger partial charge is 0.493 e. The summed E-state index contributed by atoms with van der Waals surface area (Å²) in [5.74, 6) is 0.371. The molecule has 3 aromatic rings. The fourth-order valence-electron chi connectivity index (χ4n) is 2.91. The van der Waals surface area contributed by atoms with Gasteiger partial charge in [-0.15, -0.1) is 0 Å². The normalized spacial score (nSPS) is 11.3. The zero-order valence-electron chi connectivity index (χ0n) is 16.9. The second-order valence-corrected chi connectivity index (χ2v) is 8.61. The van der Waals surface area contributed by atoms with Gasteiger partial charge in [-0.25, -0.2) is 4.98 Å². The minimum absolute atomic E-state index is 0.0988. The summed E-state index contributed by atoms with van der Waals surface area (Å²) in [7, 11) is 1.43. The Balaban J connectivity index is 2.16. The van der Waals surface area contributed by atoms with E-state index >= 15 is 0 Å². The highest BCUT2D eigenvalue weighted by Crippen LogP contribution is 2.42. The van der Waals surface area contributed by atoms with E-state index in [0.717, 1.165) is 10.9 Å². The van der Waals surface area contributed by atoms with E-state index in [2.05, 4.69) is 41.9 Å². The van der Waals surface area contributed by atoms with E-state index in [1.165, 1.54) is 24.9 Å². The number of methoxy groups -OCH3 is 1. The molecule has 0 spiro atoms. The number of aromatic nitrogens is 2. The third kappa shape index (κ3) is 4.99. The molecule has 10 heteroatoms. The maximum absolute atomic E-state index is 13.1. The number of nitrogens with zero attached hydrogens (tertiary/aromatic N) is 3. The molecule has 162 valence electrons. The molecular formula is C21H18Br2ClN3O4. The molecule has 0 unspecified atom stereocenters. The maximum Gasteiger partial charge on any atom is 0.308 e. The van der Waals surface area contributed by atoms with Gasteiger partial charge in [-0.2, -0.15) is 9.78 Å². The lowest BCUT2D eigenvalue weighted by Crippen LogP contribution is -2.22. The van der Waals surface area contributed by atoms with Crippen molar-refractivity contribution in [3.63, 3.8) is 0 Å². The predicted molar refractivity (Wildman–Crippen MR) is 128 cm³/mol. The summed E-state index contributed by atoms with van der Waals surface area (Å²) in [6.45, 7) is 3.27. The number of halogens is 3. The molecule has 1 aromatic heterocycles. The summed E-state index contributed by atoms with van der Waals surface area (Å²) in [6, 6.07) is 6.96. The van der Waals surface area contributed by atoms with Gasteiger partial charge < -0.3 is 9.47 Å². The average Bonchev–Trinajstić information content (AvgIpc) is 2.73. The SMILES string of the molecule is CCCc1nc2ccc(Br)cc2c(=O)n1N=Cc1cc(OC)c(OC(C)=O)c(Cl)c1Br. The molecule has 0 saturated carbocycles. The van der Waals surface area contributed by atoms with E-state index in [-0.39, 0.29) is 22.1 Å². The average molecular weight is 572 g/mol. The highest BCUT2D eigenvalue weighted by molar-refractivity contribution is 9.10. The van der Waals surface area contributed by atoms with Crippen molar-refractivity contribution in [2.24, 2.45) is 5.10 Å². The van der Waals surface area contributed by atoms with Crippen LogP contribution < -0.4 is 15.0 Å². The number of carbonyl (C=O) groups is 1. The van der Waals surface area contributed by atoms with Crippen molar-refractivity contribution in [3.05, 3.63) is 60.0 Å². The number of fused-ring (bicyclic) bond motifs is 1. The Morgan fingerprint density at radius 3 is 2.71 bits per heavy atom. The van der Waals surface area contributed by atoms with Gasteiger partial charge in [0.1, 0.15) is 10.8 Å². The second kappa shape index (κ2) is 9.93. The van der Waals surface area contributed by atoms with Gasteiger partial charge in [0.25, 0.3) is 5.56 Å². The summed E-state index contributed by atoms with van der Waals surface area (Å²) in [4.78, 5) is 29.1. The molecule has 0 saturated heterocycles. The molecule has 31 heavy (non-hydrogen) atoms. The first-order chi connectivity index (χ1) is 14.8. The Kier molecular flexibility index (Phi) is 7.51. The van der Waals surface area contributed by atoms with Crippen molar-refractivity contribution in [1.82, 2.24) is 9.66 Å². The third-order valence-electron chi connectivity index (χ3n) is 4.28. The van der Waals surface area contributed by atoms with E-state index in [4.69, 9.17) is 21.1 Å². The highest BCUT2D eigenvalue weighted by atomic mass is 79.9. The van der Waals surface area contributed by atoms with E-state index in [0.29, 0.717) is 33.2 Å². The molecule has 0 aliphatic carbocycles. The molecule has 0 fully saturated rings. The highest BCUT2D eigenvalue weighted by Gasteiger charge is 2.19. The van der Waals surface area contributed by atoms with Crippen LogP contribution >= 0.6 is 43.5 Å². The van der Waals surface area contributed by atoms with Crippen molar-refractivity contribution in [2.45, 2.75) is 26.7 Å². The quantitative estimate of drug-likeness (QED) is 0.227. The van der Waals surface area contributed by atoms with Crippen LogP contribution in [0.1, 0.15) is 31.7 Å². The minimum Gasteiger partial charge on any atom is -0.493 e. The number of hydrogen-bond acceptors (Lipinski definition) is 6. The topological polar surface area (TPSA) is 82.8 Å². The van der Waals surface area contributed by atoms with Crippen molar-refractivity contribution < 1.29 is 14.3 Å². The number of benzene rings is 2. The minimum atomic E-state index is -0.530. The fraction of sp³-hybridized carbons (Fsp3) is 0.238. The molecule has 7 nitrogen and oxygen atoms in total. The van der Waals surface area contributed by atoms with Gasteiger partial charge in [-0.1, -0.05) is 34.5 Å². The zero-order valence-corrected chi connectivity index (χ0v) is 20.8. The first kappa shape index (κ1) is 23.4. The van der Waals surface area contributed by atoms with Gasteiger partial charge in [0, 0.05) is 27.9 Å². The maximum atomic E-state index is 13.1. The Hall–Kier alpha value is -2.23. The van der Waals surface area contributed by atoms with E-state index < -0.39 is 5.97 Å². The van der Waals surface area contributed by atoms with Crippen molar-refractivity contribution in [3.8, 4) is 11.5 Å². The zero-order chi connectivity index (χ0) is 22.7. The molecular weight excluding hydrogens is 554 g/mol. The Bertz CT molecular complexity index is 1260. The van der Waals surface area contributed by atoms with E-state index in [1.807, 2.05) is 13.0 Å². The van der Waals surface area contributed by atoms with Crippen LogP contribution in [0, 0.1) is 0 Å². The molecule has 1 heterocycles. The number of hydrogen-bond donors (Lipinski definition) is 0. The fourth-order valence-corrected chi connectivity index (χ4v) is 3.91. The molecule has 0 aliphatic rings. The molecule has 2 aromatic carbocycles. The third-order valence-corrected chi connectivity index (χ3v) is 6.22. The van der Waals surface area contributed by atoms with Gasteiger partial charge in [-0.3, -0.25) is 9.59 Å². The molecule has 0 bridgehead atoms. The lowest BCUT2D eigenvalue weighted by Gasteiger charge is -2.13. The Morgan fingerprint density at radius 1 is 1.32 bits per heavy atom. The summed E-state index contributed by atoms with van der Waals surface area (Å²) >= 11 is 13.1. The molecule has 0 N–H and O–H groups in total. The van der Waals surface area contributed by atoms with E-state index in [9.17, 15) is 9.59 Å². The number of ether oxygens (including phenoxy) is 2. The van der Waals surface area contributed by atoms with Gasteiger partial charge in [0.05, 0.1) is 24.2 Å². The smallest absolute Gasteiger partial charge is 0.308 e. The number of esters is 1. The standard InChI is InChI=1S/C21H18Br2ClN3O4/c1-4-5-17-26-15-7-6-13(22)9-14(15)21(29)27(17)25-10-12-8-16(30-3)20(31-11(2)28)19(24)18(12)23/h6-10H,4-5H2,1-3H3. The lowest BCUT2D eigenvalue weighted by molar-refractivity contribution is -0.132. The summed E-state index contributed by atoms with van der Waals surface area (Å²) in [5.41, 5.74) is 0.859. The van der Waals surface area contributed by atoms with Crippen LogP contribution in [0.2, 0.25) is 5.02 Å². The summed E-state index contributed by atoms with van der Waals surface area (Å²) < 4.78 is 13.0. The van der Waals surface area contributed by atoms with E-state index in [1.54, 1.807) is 18.2 Å². The van der Waals surface area contributed by atoms with Crippen molar-refractivity contribution >= 4 is 66.5 Å². The van der Waals surface area contributed by atoms with Crippen LogP contribution in [0.4, 0.5) is 0 Å². The van der Waals surface area contributed by atoms with Gasteiger partial charge in [0.15, 0.2) is 11.5 Å². The van der Waals surface area contributed by atoms with Crippen LogP contribution in [-0.2, 0) is 11.2 Å². The number of carbonyl (C=O) groups excluding carboxylic acids is 1. The van der Waals surface area contributed by atoms with Crippen molar-refractivity contribution in [2.75, 3.05) is 7.11 Å². The van der Waals surface area contributed by atoms with Gasteiger partial charge in [0.2, 0.25) is 0 Å². The number of rotatable bonds is 6.